The highest BCUT2D eigenvalue weighted by atomic mass is 35.5. The van der Waals surface area contributed by atoms with Crippen molar-refractivity contribution < 1.29 is 0 Å². The lowest BCUT2D eigenvalue weighted by atomic mass is 10.2. The zero-order chi connectivity index (χ0) is 9.84. The molecular formula is C9H14Cl2N2. The predicted octanol–water partition coefficient (Wildman–Crippen LogP) is 3.29. The molecule has 0 aliphatic heterocycles. The van der Waals surface area contributed by atoms with E-state index in [-0.39, 0.29) is 0 Å². The molecule has 0 N–H and O–H groups in total. The second-order valence-corrected chi connectivity index (χ2v) is 4.06. The molecule has 0 bridgehead atoms. The van der Waals surface area contributed by atoms with Gasteiger partial charge < -0.3 is 0 Å². The standard InChI is InChI=1S/C9H14Cl2N2/c1-7(2)13-9(4-3-5-10)8(11)6-12-13/h6-7H,3-5H2,1-2H3. The molecule has 0 atom stereocenters. The van der Waals surface area contributed by atoms with Gasteiger partial charge in [-0.05, 0) is 26.7 Å². The van der Waals surface area contributed by atoms with Crippen molar-refractivity contribution in [3.05, 3.63) is 16.9 Å². The number of aromatic nitrogens is 2. The Morgan fingerprint density at radius 3 is 2.77 bits per heavy atom. The summed E-state index contributed by atoms with van der Waals surface area (Å²) in [6, 6.07) is 0.359. The van der Waals surface area contributed by atoms with Gasteiger partial charge in [-0.1, -0.05) is 11.6 Å². The first-order valence-electron chi connectivity index (χ1n) is 4.44. The van der Waals surface area contributed by atoms with E-state index in [0.29, 0.717) is 11.9 Å². The molecule has 13 heavy (non-hydrogen) atoms. The number of hydrogen-bond acceptors (Lipinski definition) is 1. The molecule has 0 aliphatic rings. The summed E-state index contributed by atoms with van der Waals surface area (Å²) in [6.45, 7) is 4.18. The Bertz CT molecular complexity index is 269. The van der Waals surface area contributed by atoms with Crippen LogP contribution < -0.4 is 0 Å². The molecule has 0 saturated carbocycles. The maximum Gasteiger partial charge on any atom is 0.0817 e. The van der Waals surface area contributed by atoms with Crippen molar-refractivity contribution in [1.29, 1.82) is 0 Å². The van der Waals surface area contributed by atoms with E-state index in [1.807, 2.05) is 4.68 Å². The first-order valence-corrected chi connectivity index (χ1v) is 5.36. The number of hydrogen-bond donors (Lipinski definition) is 0. The van der Waals surface area contributed by atoms with Gasteiger partial charge in [-0.25, -0.2) is 0 Å². The van der Waals surface area contributed by atoms with Crippen LogP contribution in [-0.4, -0.2) is 15.7 Å². The molecule has 4 heteroatoms. The second-order valence-electron chi connectivity index (χ2n) is 3.27. The van der Waals surface area contributed by atoms with Crippen LogP contribution in [-0.2, 0) is 6.42 Å². The smallest absolute Gasteiger partial charge is 0.0817 e. The minimum atomic E-state index is 0.359. The Labute approximate surface area is 88.8 Å². The van der Waals surface area contributed by atoms with Gasteiger partial charge in [0.2, 0.25) is 0 Å². The Hall–Kier alpha value is -0.210. The van der Waals surface area contributed by atoms with Gasteiger partial charge >= 0.3 is 0 Å². The molecule has 2 nitrogen and oxygen atoms in total. The molecule has 0 amide bonds. The van der Waals surface area contributed by atoms with E-state index in [0.717, 1.165) is 23.6 Å². The van der Waals surface area contributed by atoms with E-state index < -0.39 is 0 Å². The monoisotopic (exact) mass is 220 g/mol. The third-order valence-corrected chi connectivity index (χ3v) is 2.47. The number of alkyl halides is 1. The van der Waals surface area contributed by atoms with Gasteiger partial charge in [0.25, 0.3) is 0 Å². The van der Waals surface area contributed by atoms with Crippen LogP contribution >= 0.6 is 23.2 Å². The summed E-state index contributed by atoms with van der Waals surface area (Å²) in [6.07, 6.45) is 3.55. The lowest BCUT2D eigenvalue weighted by Gasteiger charge is -2.10. The van der Waals surface area contributed by atoms with Crippen LogP contribution in [0.4, 0.5) is 0 Å². The molecule has 0 aliphatic carbocycles. The fourth-order valence-electron chi connectivity index (χ4n) is 1.28. The van der Waals surface area contributed by atoms with Crippen molar-refractivity contribution in [3.63, 3.8) is 0 Å². The Kier molecular flexibility index (Phi) is 4.07. The summed E-state index contributed by atoms with van der Waals surface area (Å²) in [4.78, 5) is 0. The number of rotatable bonds is 4. The summed E-state index contributed by atoms with van der Waals surface area (Å²) < 4.78 is 1.95. The fourth-order valence-corrected chi connectivity index (χ4v) is 1.64. The van der Waals surface area contributed by atoms with E-state index in [9.17, 15) is 0 Å². The molecule has 0 aromatic carbocycles. The van der Waals surface area contributed by atoms with Crippen molar-refractivity contribution >= 4 is 23.2 Å². The third-order valence-electron chi connectivity index (χ3n) is 1.88. The van der Waals surface area contributed by atoms with Gasteiger partial charge in [0.15, 0.2) is 0 Å². The predicted molar refractivity (Wildman–Crippen MR) is 56.7 cm³/mol. The van der Waals surface area contributed by atoms with Crippen LogP contribution in [0.15, 0.2) is 6.20 Å². The molecule has 1 aromatic heterocycles. The summed E-state index contributed by atoms with van der Waals surface area (Å²) >= 11 is 11.6. The Morgan fingerprint density at radius 1 is 1.54 bits per heavy atom. The van der Waals surface area contributed by atoms with E-state index >= 15 is 0 Å². The van der Waals surface area contributed by atoms with Gasteiger partial charge in [-0.15, -0.1) is 11.6 Å². The molecule has 0 spiro atoms. The largest absolute Gasteiger partial charge is 0.266 e. The van der Waals surface area contributed by atoms with Crippen molar-refractivity contribution in [3.8, 4) is 0 Å². The minimum absolute atomic E-state index is 0.359. The highest BCUT2D eigenvalue weighted by Crippen LogP contribution is 2.20. The summed E-state index contributed by atoms with van der Waals surface area (Å²) in [5.74, 6) is 0.666. The minimum Gasteiger partial charge on any atom is -0.266 e. The summed E-state index contributed by atoms with van der Waals surface area (Å²) in [7, 11) is 0. The quantitative estimate of drug-likeness (QED) is 0.713. The molecule has 74 valence electrons. The highest BCUT2D eigenvalue weighted by Gasteiger charge is 2.10. The zero-order valence-electron chi connectivity index (χ0n) is 7.93. The third kappa shape index (κ3) is 2.61. The van der Waals surface area contributed by atoms with Gasteiger partial charge in [0, 0.05) is 11.9 Å². The molecule has 0 radical (unpaired) electrons. The van der Waals surface area contributed by atoms with Gasteiger partial charge in [0.05, 0.1) is 16.9 Å². The van der Waals surface area contributed by atoms with Crippen molar-refractivity contribution in [2.24, 2.45) is 0 Å². The number of nitrogens with zero attached hydrogens (tertiary/aromatic N) is 2. The maximum absolute atomic E-state index is 6.00. The van der Waals surface area contributed by atoms with Crippen LogP contribution in [0.5, 0.6) is 0 Å². The number of halogens is 2. The first-order chi connectivity index (χ1) is 6.16. The topological polar surface area (TPSA) is 17.8 Å². The molecule has 0 unspecified atom stereocenters. The lowest BCUT2D eigenvalue weighted by molar-refractivity contribution is 0.507. The maximum atomic E-state index is 6.00. The van der Waals surface area contributed by atoms with Gasteiger partial charge in [-0.2, -0.15) is 5.10 Å². The summed E-state index contributed by atoms with van der Waals surface area (Å²) in [5.41, 5.74) is 1.09. The molecule has 0 saturated heterocycles. The van der Waals surface area contributed by atoms with E-state index in [1.54, 1.807) is 6.20 Å². The second kappa shape index (κ2) is 4.87. The van der Waals surface area contributed by atoms with Crippen LogP contribution in [0.25, 0.3) is 0 Å². The Balaban J connectivity index is 2.82. The van der Waals surface area contributed by atoms with E-state index in [4.69, 9.17) is 23.2 Å². The normalized spacial score (nSPS) is 11.2. The molecule has 1 aromatic rings. The van der Waals surface area contributed by atoms with Gasteiger partial charge in [-0.3, -0.25) is 4.68 Å². The first kappa shape index (κ1) is 10.9. The average molecular weight is 221 g/mol. The highest BCUT2D eigenvalue weighted by molar-refractivity contribution is 6.31. The SMILES string of the molecule is CC(C)n1ncc(Cl)c1CCCCl. The summed E-state index contributed by atoms with van der Waals surface area (Å²) in [5, 5.41) is 4.96. The zero-order valence-corrected chi connectivity index (χ0v) is 9.44. The van der Waals surface area contributed by atoms with Crippen LogP contribution in [0.1, 0.15) is 32.0 Å². The molecule has 0 fully saturated rings. The Morgan fingerprint density at radius 2 is 2.23 bits per heavy atom. The van der Waals surface area contributed by atoms with E-state index in [1.165, 1.54) is 0 Å². The lowest BCUT2D eigenvalue weighted by Crippen LogP contribution is -2.07. The average Bonchev–Trinajstić information content (AvgIpc) is 2.43. The molecule has 1 rings (SSSR count). The van der Waals surface area contributed by atoms with Crippen molar-refractivity contribution in [2.75, 3.05) is 5.88 Å². The van der Waals surface area contributed by atoms with Crippen molar-refractivity contribution in [1.82, 2.24) is 9.78 Å². The van der Waals surface area contributed by atoms with Crippen LogP contribution in [0.3, 0.4) is 0 Å². The fraction of sp³-hybridized carbons (Fsp3) is 0.667. The van der Waals surface area contributed by atoms with Crippen LogP contribution in [0.2, 0.25) is 5.02 Å². The van der Waals surface area contributed by atoms with Gasteiger partial charge in [0.1, 0.15) is 0 Å². The molecular weight excluding hydrogens is 207 g/mol. The van der Waals surface area contributed by atoms with Crippen LogP contribution in [0, 0.1) is 0 Å². The molecule has 1 heterocycles. The van der Waals surface area contributed by atoms with Crippen molar-refractivity contribution in [2.45, 2.75) is 32.7 Å². The van der Waals surface area contributed by atoms with E-state index in [2.05, 4.69) is 18.9 Å².